The second kappa shape index (κ2) is 8.39. The van der Waals surface area contributed by atoms with E-state index in [9.17, 15) is 9.59 Å². The van der Waals surface area contributed by atoms with Gasteiger partial charge in [0.25, 0.3) is 5.91 Å². The number of rotatable bonds is 6. The molecule has 2 rings (SSSR count). The lowest BCUT2D eigenvalue weighted by molar-refractivity contribution is -0.122. The molecule has 2 aromatic carbocycles. The molecule has 0 spiro atoms. The molecule has 0 fully saturated rings. The summed E-state index contributed by atoms with van der Waals surface area (Å²) in [5.41, 5.74) is 1.21. The highest BCUT2D eigenvalue weighted by atomic mass is 35.5. The first-order valence-electron chi connectivity index (χ1n) is 7.57. The summed E-state index contributed by atoms with van der Waals surface area (Å²) >= 11 is 6.04. The van der Waals surface area contributed by atoms with Gasteiger partial charge in [-0.2, -0.15) is 0 Å². The molecule has 0 saturated carbocycles. The van der Waals surface area contributed by atoms with Crippen molar-refractivity contribution in [3.05, 3.63) is 47.5 Å². The fourth-order valence-electron chi connectivity index (χ4n) is 2.07. The first-order chi connectivity index (χ1) is 11.9. The molecule has 7 heteroatoms. The number of nitrogens with one attached hydrogen (secondary N) is 2. The Labute approximate surface area is 151 Å². The highest BCUT2D eigenvalue weighted by molar-refractivity contribution is 6.32. The Morgan fingerprint density at radius 2 is 1.68 bits per heavy atom. The molecular weight excluding hydrogens is 344 g/mol. The molecule has 2 aromatic rings. The third kappa shape index (κ3) is 5.39. The maximum absolute atomic E-state index is 12.2. The number of carbonyl (C=O) groups is 2. The van der Waals surface area contributed by atoms with Crippen molar-refractivity contribution in [1.29, 1.82) is 0 Å². The summed E-state index contributed by atoms with van der Waals surface area (Å²) in [6, 6.07) is 11.7. The van der Waals surface area contributed by atoms with Crippen LogP contribution in [0.5, 0.6) is 11.5 Å². The van der Waals surface area contributed by atoms with E-state index in [4.69, 9.17) is 21.1 Å². The van der Waals surface area contributed by atoms with E-state index < -0.39 is 6.10 Å². The summed E-state index contributed by atoms with van der Waals surface area (Å²) in [7, 11) is 1.52. The van der Waals surface area contributed by atoms with Crippen LogP contribution in [0.4, 0.5) is 11.4 Å². The highest BCUT2D eigenvalue weighted by Crippen LogP contribution is 2.27. The third-order valence-electron chi connectivity index (χ3n) is 3.28. The zero-order chi connectivity index (χ0) is 18.4. The van der Waals surface area contributed by atoms with Gasteiger partial charge < -0.3 is 20.1 Å². The predicted molar refractivity (Wildman–Crippen MR) is 97.5 cm³/mol. The number of benzene rings is 2. The largest absolute Gasteiger partial charge is 0.495 e. The Morgan fingerprint density at radius 3 is 2.24 bits per heavy atom. The Balaban J connectivity index is 1.95. The van der Waals surface area contributed by atoms with Crippen molar-refractivity contribution < 1.29 is 19.1 Å². The first kappa shape index (κ1) is 18.6. The number of methoxy groups -OCH3 is 1. The first-order valence-corrected chi connectivity index (χ1v) is 7.95. The molecule has 25 heavy (non-hydrogen) atoms. The minimum absolute atomic E-state index is 0.153. The van der Waals surface area contributed by atoms with Gasteiger partial charge in [0, 0.05) is 18.3 Å². The fourth-order valence-corrected chi connectivity index (χ4v) is 2.32. The van der Waals surface area contributed by atoms with E-state index in [2.05, 4.69) is 10.6 Å². The van der Waals surface area contributed by atoms with E-state index in [1.807, 2.05) is 0 Å². The number of carbonyl (C=O) groups excluding carboxylic acids is 2. The van der Waals surface area contributed by atoms with Crippen molar-refractivity contribution in [3.8, 4) is 11.5 Å². The summed E-state index contributed by atoms with van der Waals surface area (Å²) in [6.45, 7) is 3.07. The topological polar surface area (TPSA) is 76.7 Å². The Hall–Kier alpha value is -2.73. The molecule has 0 heterocycles. The van der Waals surface area contributed by atoms with Crippen molar-refractivity contribution >= 4 is 34.8 Å². The smallest absolute Gasteiger partial charge is 0.265 e. The molecule has 0 aromatic heterocycles. The summed E-state index contributed by atoms with van der Waals surface area (Å²) in [5.74, 6) is 0.583. The zero-order valence-corrected chi connectivity index (χ0v) is 14.9. The molecule has 0 radical (unpaired) electrons. The molecule has 6 nitrogen and oxygen atoms in total. The normalized spacial score (nSPS) is 11.4. The molecule has 1 atom stereocenters. The minimum atomic E-state index is -0.715. The van der Waals surface area contributed by atoms with Crippen molar-refractivity contribution in [1.82, 2.24) is 0 Å². The summed E-state index contributed by atoms with van der Waals surface area (Å²) in [4.78, 5) is 23.2. The van der Waals surface area contributed by atoms with E-state index in [-0.39, 0.29) is 11.8 Å². The van der Waals surface area contributed by atoms with Gasteiger partial charge in [0.05, 0.1) is 12.1 Å². The Morgan fingerprint density at radius 1 is 1.04 bits per heavy atom. The van der Waals surface area contributed by atoms with Gasteiger partial charge in [-0.1, -0.05) is 11.6 Å². The van der Waals surface area contributed by atoms with Crippen LogP contribution in [-0.4, -0.2) is 25.0 Å². The van der Waals surface area contributed by atoms with Crippen molar-refractivity contribution in [2.24, 2.45) is 0 Å². The standard InChI is InChI=1S/C18H19ClN2O4/c1-11(25-15-7-4-13(5-8-15)20-12(2)22)18(23)21-14-6-9-17(24-3)16(19)10-14/h4-11H,1-3H3,(H,20,22)(H,21,23)/t11-/m0/s1. The lowest BCUT2D eigenvalue weighted by Gasteiger charge is -2.15. The average molecular weight is 363 g/mol. The second-order valence-electron chi connectivity index (χ2n) is 5.30. The summed E-state index contributed by atoms with van der Waals surface area (Å²) in [5, 5.41) is 5.79. The molecule has 0 aliphatic heterocycles. The van der Waals surface area contributed by atoms with E-state index in [0.29, 0.717) is 27.9 Å². The van der Waals surface area contributed by atoms with Gasteiger partial charge in [-0.3, -0.25) is 9.59 Å². The fraction of sp³-hybridized carbons (Fsp3) is 0.222. The average Bonchev–Trinajstić information content (AvgIpc) is 2.56. The quantitative estimate of drug-likeness (QED) is 0.821. The molecule has 2 N–H and O–H groups in total. The van der Waals surface area contributed by atoms with E-state index >= 15 is 0 Å². The van der Waals surface area contributed by atoms with Gasteiger partial charge in [0.1, 0.15) is 11.5 Å². The van der Waals surface area contributed by atoms with Crippen molar-refractivity contribution in [2.45, 2.75) is 20.0 Å². The van der Waals surface area contributed by atoms with Crippen LogP contribution in [0, 0.1) is 0 Å². The lowest BCUT2D eigenvalue weighted by Crippen LogP contribution is -2.30. The Bertz CT molecular complexity index is 762. The number of halogens is 1. The van der Waals surface area contributed by atoms with Crippen LogP contribution in [0.25, 0.3) is 0 Å². The lowest BCUT2D eigenvalue weighted by atomic mass is 10.2. The van der Waals surface area contributed by atoms with Gasteiger partial charge >= 0.3 is 0 Å². The van der Waals surface area contributed by atoms with Gasteiger partial charge in [0.15, 0.2) is 6.10 Å². The zero-order valence-electron chi connectivity index (χ0n) is 14.1. The van der Waals surface area contributed by atoms with Gasteiger partial charge in [0.2, 0.25) is 5.91 Å². The van der Waals surface area contributed by atoms with Crippen LogP contribution in [0.3, 0.4) is 0 Å². The number of hydrogen-bond acceptors (Lipinski definition) is 4. The molecule has 2 amide bonds. The molecule has 0 aliphatic carbocycles. The molecule has 0 aliphatic rings. The van der Waals surface area contributed by atoms with Crippen LogP contribution in [0.15, 0.2) is 42.5 Å². The molecule has 0 bridgehead atoms. The van der Waals surface area contributed by atoms with Crippen molar-refractivity contribution in [2.75, 3.05) is 17.7 Å². The highest BCUT2D eigenvalue weighted by Gasteiger charge is 2.15. The monoisotopic (exact) mass is 362 g/mol. The minimum Gasteiger partial charge on any atom is -0.495 e. The second-order valence-corrected chi connectivity index (χ2v) is 5.71. The number of ether oxygens (including phenoxy) is 2. The summed E-state index contributed by atoms with van der Waals surface area (Å²) in [6.07, 6.45) is -0.715. The maximum atomic E-state index is 12.2. The van der Waals surface area contributed by atoms with Crippen LogP contribution in [-0.2, 0) is 9.59 Å². The van der Waals surface area contributed by atoms with Gasteiger partial charge in [-0.25, -0.2) is 0 Å². The SMILES string of the molecule is COc1ccc(NC(=O)[C@H](C)Oc2ccc(NC(C)=O)cc2)cc1Cl. The predicted octanol–water partition coefficient (Wildman–Crippen LogP) is 3.71. The van der Waals surface area contributed by atoms with Crippen LogP contribution < -0.4 is 20.1 Å². The number of anilines is 2. The molecule has 0 saturated heterocycles. The number of amides is 2. The molecule has 132 valence electrons. The van der Waals surface area contributed by atoms with Gasteiger partial charge in [-0.05, 0) is 49.4 Å². The molecule has 0 unspecified atom stereocenters. The maximum Gasteiger partial charge on any atom is 0.265 e. The molecular formula is C18H19ClN2O4. The van der Waals surface area contributed by atoms with E-state index in [1.54, 1.807) is 49.4 Å². The van der Waals surface area contributed by atoms with E-state index in [1.165, 1.54) is 14.0 Å². The van der Waals surface area contributed by atoms with Crippen LogP contribution in [0.1, 0.15) is 13.8 Å². The van der Waals surface area contributed by atoms with Crippen LogP contribution in [0.2, 0.25) is 5.02 Å². The van der Waals surface area contributed by atoms with Crippen LogP contribution >= 0.6 is 11.6 Å². The number of hydrogen-bond donors (Lipinski definition) is 2. The van der Waals surface area contributed by atoms with Crippen molar-refractivity contribution in [3.63, 3.8) is 0 Å². The van der Waals surface area contributed by atoms with E-state index in [0.717, 1.165) is 0 Å². The third-order valence-corrected chi connectivity index (χ3v) is 3.57. The Kier molecular flexibility index (Phi) is 6.25. The van der Waals surface area contributed by atoms with Gasteiger partial charge in [-0.15, -0.1) is 0 Å². The summed E-state index contributed by atoms with van der Waals surface area (Å²) < 4.78 is 10.7.